The number of carboxylic acids is 1. The monoisotopic (exact) mass is 600 g/mol. The molecular weight excluding hydrogens is 569 g/mol. The first-order valence-corrected chi connectivity index (χ1v) is 14.4. The first kappa shape index (κ1) is 31.4. The van der Waals surface area contributed by atoms with Gasteiger partial charge in [-0.05, 0) is 51.5 Å². The summed E-state index contributed by atoms with van der Waals surface area (Å²) < 4.78 is 5.09. The van der Waals surface area contributed by atoms with Gasteiger partial charge in [0, 0.05) is 12.0 Å². The molecule has 3 aromatic rings. The Morgan fingerprint density at radius 3 is 2.39 bits per heavy atom. The SMILES string of the molecule is C=Cc1c2[n-]c(c1C)/C=C1/C[C@H](CCC(=O)O)/C(=C3/c4[n-]c(c(C)c4C(=O)[C@@H]3C(=O)OC)/C=c3\[n-]/c(c(C)c3CC)=C\2)[N-]1.[Mg+2]. The van der Waals surface area contributed by atoms with Crippen molar-refractivity contribution >= 4 is 70.7 Å². The van der Waals surface area contributed by atoms with Crippen LogP contribution in [0.5, 0.6) is 0 Å². The van der Waals surface area contributed by atoms with Crippen LogP contribution in [-0.2, 0) is 20.7 Å². The van der Waals surface area contributed by atoms with Crippen LogP contribution in [0, 0.1) is 32.6 Å². The van der Waals surface area contributed by atoms with Gasteiger partial charge in [-0.15, -0.1) is 33.5 Å². The predicted molar refractivity (Wildman–Crippen MR) is 168 cm³/mol. The van der Waals surface area contributed by atoms with Crippen LogP contribution in [0.2, 0.25) is 0 Å². The van der Waals surface area contributed by atoms with Gasteiger partial charge in [0.2, 0.25) is 0 Å². The van der Waals surface area contributed by atoms with Crippen molar-refractivity contribution in [1.82, 2.24) is 15.0 Å². The molecule has 0 saturated carbocycles. The number of hydrogen-bond donors (Lipinski definition) is 1. The second-order valence-corrected chi connectivity index (χ2v) is 11.3. The average molecular weight is 601 g/mol. The second kappa shape index (κ2) is 11.8. The quantitative estimate of drug-likeness (QED) is 0.259. The molecule has 0 radical (unpaired) electrons. The number of hydrogen-bond acceptors (Lipinski definition) is 4. The molecule has 10 heteroatoms. The molecule has 1 N–H and O–H groups in total. The van der Waals surface area contributed by atoms with Gasteiger partial charge in [0.25, 0.3) is 0 Å². The number of aromatic nitrogens is 3. The molecule has 6 rings (SSSR count). The minimum absolute atomic E-state index is 0. The van der Waals surface area contributed by atoms with E-state index >= 15 is 0 Å². The molecule has 5 heterocycles. The van der Waals surface area contributed by atoms with Gasteiger partial charge in [-0.2, -0.15) is 11.4 Å². The number of esters is 1. The molecule has 0 unspecified atom stereocenters. The Labute approximate surface area is 271 Å². The number of carbonyl (C=O) groups is 3. The smallest absolute Gasteiger partial charge is 0.664 e. The molecule has 3 aromatic heterocycles. The molecule has 1 saturated heterocycles. The number of carbonyl (C=O) groups excluding carboxylic acids is 2. The molecule has 44 heavy (non-hydrogen) atoms. The van der Waals surface area contributed by atoms with E-state index in [2.05, 4.69) is 13.5 Å². The summed E-state index contributed by atoms with van der Waals surface area (Å²) in [5.41, 5.74) is 9.05. The zero-order chi connectivity index (χ0) is 30.7. The minimum atomic E-state index is -1.22. The Bertz CT molecular complexity index is 1930. The van der Waals surface area contributed by atoms with Crippen LogP contribution in [-0.4, -0.2) is 53.0 Å². The summed E-state index contributed by atoms with van der Waals surface area (Å²) in [6.07, 6.45) is 8.94. The molecule has 1 aliphatic carbocycles. The molecule has 222 valence electrons. The van der Waals surface area contributed by atoms with Crippen LogP contribution in [0.25, 0.3) is 35.2 Å². The van der Waals surface area contributed by atoms with E-state index in [0.29, 0.717) is 45.9 Å². The van der Waals surface area contributed by atoms with Crippen molar-refractivity contribution in [2.45, 2.75) is 53.4 Å². The Kier molecular flexibility index (Phi) is 8.43. The largest absolute Gasteiger partial charge is 2.00 e. The molecule has 2 atom stereocenters. The number of carboxylic acid groups (broad SMARTS) is 1. The molecule has 0 amide bonds. The number of rotatable bonds is 6. The average Bonchev–Trinajstić information content (AvgIpc) is 3.73. The molecule has 9 nitrogen and oxygen atoms in total. The van der Waals surface area contributed by atoms with Crippen LogP contribution in [0.1, 0.15) is 87.1 Å². The molecule has 3 aliphatic rings. The maximum absolute atomic E-state index is 13.9. The molecular formula is C34H32MgN4O5-2. The van der Waals surface area contributed by atoms with Crippen molar-refractivity contribution < 1.29 is 24.2 Å². The standard InChI is InChI=1S/C34H34N4O5.Mg/c1-7-20-15(3)22-12-19-11-18(9-10-27(39)40)31(35-19)29-30(34(42)43-6)33(41)28-17(5)24(38-32(28)29)14-26-21(8-2)16(4)23(37-26)13-25(20)36-22;/h7,12-14,18,30H,1,8-11H2,2-6H3,(H3,35,38,39,40,41);/q-2;+2/p-2/b19-12-,23-13-,26-14-;/t18-,30+;/m0./s1. The number of fused-ring (bicyclic) bond motifs is 7. The third kappa shape index (κ3) is 4.90. The number of nitrogens with zero attached hydrogens (tertiary/aromatic N) is 4. The van der Waals surface area contributed by atoms with E-state index < -0.39 is 17.9 Å². The Morgan fingerprint density at radius 2 is 1.73 bits per heavy atom. The first-order chi connectivity index (χ1) is 20.6. The van der Waals surface area contributed by atoms with Crippen molar-refractivity contribution in [3.8, 4) is 0 Å². The van der Waals surface area contributed by atoms with Crippen molar-refractivity contribution in [2.75, 3.05) is 7.11 Å². The fourth-order valence-electron chi connectivity index (χ4n) is 6.64. The Morgan fingerprint density at radius 1 is 1.02 bits per heavy atom. The van der Waals surface area contributed by atoms with E-state index in [4.69, 9.17) is 25.0 Å². The molecule has 0 aromatic carbocycles. The molecule has 2 aliphatic heterocycles. The fourth-order valence-corrected chi connectivity index (χ4v) is 6.64. The van der Waals surface area contributed by atoms with Gasteiger partial charge in [-0.3, -0.25) is 14.4 Å². The number of methoxy groups -OCH3 is 1. The van der Waals surface area contributed by atoms with Gasteiger partial charge >= 0.3 is 35.0 Å². The minimum Gasteiger partial charge on any atom is -0.664 e. The zero-order valence-electron chi connectivity index (χ0n) is 25.6. The van der Waals surface area contributed by atoms with Crippen molar-refractivity contribution in [3.05, 3.63) is 90.1 Å². The maximum atomic E-state index is 13.9. The number of Topliss-reactive ketones (excluding diaryl/α,β-unsaturated/α-hetero) is 1. The Balaban J connectivity index is 0.00000384. The summed E-state index contributed by atoms with van der Waals surface area (Å²) in [5.74, 6) is -3.56. The molecule has 0 spiro atoms. The van der Waals surface area contributed by atoms with Crippen LogP contribution in [0.4, 0.5) is 0 Å². The zero-order valence-corrected chi connectivity index (χ0v) is 27.0. The Hall–Kier alpha value is -4.02. The van der Waals surface area contributed by atoms with E-state index in [1.54, 1.807) is 6.08 Å². The molecule has 1 fully saturated rings. The normalized spacial score (nSPS) is 22.6. The van der Waals surface area contributed by atoms with Gasteiger partial charge in [0.1, 0.15) is 5.92 Å². The third-order valence-electron chi connectivity index (χ3n) is 8.91. The van der Waals surface area contributed by atoms with E-state index in [-0.39, 0.29) is 47.6 Å². The van der Waals surface area contributed by atoms with Gasteiger partial charge in [-0.1, -0.05) is 65.6 Å². The summed E-state index contributed by atoms with van der Waals surface area (Å²) in [7, 11) is 1.25. The van der Waals surface area contributed by atoms with Crippen LogP contribution in [0.15, 0.2) is 18.0 Å². The van der Waals surface area contributed by atoms with E-state index in [1.807, 2.05) is 39.0 Å². The van der Waals surface area contributed by atoms with Gasteiger partial charge in [0.15, 0.2) is 5.78 Å². The van der Waals surface area contributed by atoms with Crippen molar-refractivity contribution in [2.24, 2.45) is 11.8 Å². The van der Waals surface area contributed by atoms with Crippen LogP contribution < -0.4 is 25.7 Å². The van der Waals surface area contributed by atoms with Crippen LogP contribution in [0.3, 0.4) is 0 Å². The summed E-state index contributed by atoms with van der Waals surface area (Å²) in [4.78, 5) is 53.4. The van der Waals surface area contributed by atoms with Crippen molar-refractivity contribution in [1.29, 1.82) is 0 Å². The van der Waals surface area contributed by atoms with Gasteiger partial charge in [0.05, 0.1) is 7.11 Å². The number of allylic oxidation sites excluding steroid dienone is 2. The summed E-state index contributed by atoms with van der Waals surface area (Å²) in [5, 5.41) is 16.0. The summed E-state index contributed by atoms with van der Waals surface area (Å²) in [6, 6.07) is 0. The third-order valence-corrected chi connectivity index (χ3v) is 8.91. The van der Waals surface area contributed by atoms with E-state index in [9.17, 15) is 19.5 Å². The number of ketones is 1. The number of aliphatic carboxylic acids is 1. The first-order valence-electron chi connectivity index (χ1n) is 14.4. The second-order valence-electron chi connectivity index (χ2n) is 11.3. The summed E-state index contributed by atoms with van der Waals surface area (Å²) >= 11 is 0. The van der Waals surface area contributed by atoms with E-state index in [1.165, 1.54) is 7.11 Å². The number of ether oxygens (including phenoxy) is 1. The molecule has 8 bridgehead atoms. The van der Waals surface area contributed by atoms with Crippen LogP contribution >= 0.6 is 0 Å². The topological polar surface area (TPSA) is 137 Å². The van der Waals surface area contributed by atoms with Crippen molar-refractivity contribution in [3.63, 3.8) is 0 Å². The van der Waals surface area contributed by atoms with E-state index in [0.717, 1.165) is 50.8 Å². The summed E-state index contributed by atoms with van der Waals surface area (Å²) in [6.45, 7) is 11.9. The van der Waals surface area contributed by atoms with Gasteiger partial charge in [-0.25, -0.2) is 0 Å². The fraction of sp³-hybridized carbons (Fsp3) is 0.324. The predicted octanol–water partition coefficient (Wildman–Crippen LogP) is 3.28. The maximum Gasteiger partial charge on any atom is 2.00 e. The van der Waals surface area contributed by atoms with Gasteiger partial charge < -0.3 is 30.1 Å².